The zero-order valence-electron chi connectivity index (χ0n) is 28.1. The second-order valence-electron chi connectivity index (χ2n) is 15.4. The lowest BCUT2D eigenvalue weighted by atomic mass is 9.72. The van der Waals surface area contributed by atoms with E-state index in [2.05, 4.69) is 121 Å². The number of nitrogens with zero attached hydrogens (tertiary/aromatic N) is 1. The number of benzene rings is 5. The molecule has 7 rings (SSSR count). The average Bonchev–Trinajstić information content (AvgIpc) is 3.23. The summed E-state index contributed by atoms with van der Waals surface area (Å²) in [5.41, 5.74) is 9.73. The molecule has 5 aromatic carbocycles. The maximum Gasteiger partial charge on any atom is 0.197 e. The van der Waals surface area contributed by atoms with E-state index in [4.69, 9.17) is 0 Å². The first-order chi connectivity index (χ1) is 21.7. The average molecular weight is 604 g/mol. The number of hydrogen-bond donors (Lipinski definition) is 0. The molecule has 1 aliphatic carbocycles. The monoisotopic (exact) mass is 603 g/mol. The molecule has 0 unspecified atom stereocenters. The molecule has 0 N–H and O–H groups in total. The maximum absolute atomic E-state index is 13.9. The molecule has 0 spiro atoms. The highest BCUT2D eigenvalue weighted by Gasteiger charge is 2.39. The Labute approximate surface area is 272 Å². The van der Waals surface area contributed by atoms with Gasteiger partial charge in [-0.05, 0) is 91.9 Å². The zero-order chi connectivity index (χ0) is 32.8. The van der Waals surface area contributed by atoms with Gasteiger partial charge in [0.2, 0.25) is 0 Å². The van der Waals surface area contributed by atoms with Gasteiger partial charge in [0.1, 0.15) is 0 Å². The van der Waals surface area contributed by atoms with Crippen molar-refractivity contribution in [2.24, 2.45) is 0 Å². The minimum Gasteiger partial charge on any atom is -0.310 e. The number of anilines is 3. The predicted octanol–water partition coefficient (Wildman–Crippen LogP) is 11.0. The first kappa shape index (κ1) is 29.9. The Morgan fingerprint density at radius 3 is 1.50 bits per heavy atom. The van der Waals surface area contributed by atoms with Crippen molar-refractivity contribution in [3.05, 3.63) is 142 Å². The molecule has 0 aromatic heterocycles. The Morgan fingerprint density at radius 1 is 0.565 bits per heavy atom. The minimum absolute atomic E-state index is 0.161. The predicted molar refractivity (Wildman–Crippen MR) is 191 cm³/mol. The Kier molecular flexibility index (Phi) is 6.58. The summed E-state index contributed by atoms with van der Waals surface area (Å²) < 4.78 is 0. The molecule has 0 atom stereocenters. The molecule has 5 aromatic rings. The van der Waals surface area contributed by atoms with E-state index in [0.717, 1.165) is 33.2 Å². The van der Waals surface area contributed by atoms with Gasteiger partial charge in [-0.1, -0.05) is 116 Å². The highest BCUT2D eigenvalue weighted by Crippen LogP contribution is 2.54. The molecule has 3 nitrogen and oxygen atoms in total. The van der Waals surface area contributed by atoms with Gasteiger partial charge in [-0.2, -0.15) is 0 Å². The topological polar surface area (TPSA) is 37.4 Å². The molecule has 3 heteroatoms. The van der Waals surface area contributed by atoms with Crippen molar-refractivity contribution in [2.75, 3.05) is 4.90 Å². The third kappa shape index (κ3) is 4.55. The van der Waals surface area contributed by atoms with Crippen LogP contribution in [-0.2, 0) is 16.2 Å². The van der Waals surface area contributed by atoms with Gasteiger partial charge in [-0.25, -0.2) is 0 Å². The van der Waals surface area contributed by atoms with Crippen LogP contribution >= 0.6 is 0 Å². The van der Waals surface area contributed by atoms with Crippen LogP contribution in [0.25, 0.3) is 16.8 Å². The molecule has 0 amide bonds. The van der Waals surface area contributed by atoms with Crippen LogP contribution in [0.5, 0.6) is 0 Å². The minimum atomic E-state index is -0.266. The summed E-state index contributed by atoms with van der Waals surface area (Å²) in [6, 6.07) is 33.6. The van der Waals surface area contributed by atoms with Gasteiger partial charge in [0.05, 0.1) is 22.6 Å². The van der Waals surface area contributed by atoms with Crippen LogP contribution in [0.4, 0.5) is 17.1 Å². The normalized spacial score (nSPS) is 15.6. The van der Waals surface area contributed by atoms with Crippen molar-refractivity contribution in [2.45, 2.75) is 71.6 Å². The number of hydrogen-bond acceptors (Lipinski definition) is 3. The molecule has 0 fully saturated rings. The van der Waals surface area contributed by atoms with Crippen LogP contribution in [-0.4, -0.2) is 11.6 Å². The fourth-order valence-electron chi connectivity index (χ4n) is 7.38. The molecule has 2 aliphatic rings. The second-order valence-corrected chi connectivity index (χ2v) is 15.4. The van der Waals surface area contributed by atoms with E-state index in [1.807, 2.05) is 42.5 Å². The summed E-state index contributed by atoms with van der Waals surface area (Å²) in [5, 5.41) is 1.92. The van der Waals surface area contributed by atoms with Crippen molar-refractivity contribution in [1.29, 1.82) is 0 Å². The largest absolute Gasteiger partial charge is 0.310 e. The Morgan fingerprint density at radius 2 is 1.02 bits per heavy atom. The summed E-state index contributed by atoms with van der Waals surface area (Å²) in [5.74, 6) is -0.402. The number of carbonyl (C=O) groups is 2. The van der Waals surface area contributed by atoms with Crippen LogP contribution in [0.3, 0.4) is 0 Å². The lowest BCUT2D eigenvalue weighted by Gasteiger charge is -2.44. The van der Waals surface area contributed by atoms with E-state index in [1.165, 1.54) is 22.5 Å². The van der Waals surface area contributed by atoms with Crippen molar-refractivity contribution >= 4 is 45.5 Å². The van der Waals surface area contributed by atoms with Crippen LogP contribution in [0.15, 0.2) is 103 Å². The SMILES string of the molecule is CC(C)(C)c1cc(N2c3ccccc3C(C)(C)c3ccccc32)c(C(C)(C)C)cc1C=C1C(=O)c2cc3ccccc3cc2C1=O. The molecule has 1 aliphatic heterocycles. The standard InChI is InChI=1S/C43H41NO2/c1-41(2,3)34-25-38(44-36-19-13-11-17-32(36)43(7,8)33-18-12-14-20-37(33)44)35(42(4,5)6)24-28(34)23-31-39(45)29-21-26-15-9-10-16-27(26)22-30(29)40(31)46/h9-25H,1-8H3. The van der Waals surface area contributed by atoms with Gasteiger partial charge in [0, 0.05) is 16.5 Å². The molecular formula is C43H41NO2. The molecule has 230 valence electrons. The molecule has 0 saturated carbocycles. The molecule has 0 radical (unpaired) electrons. The molecular weight excluding hydrogens is 562 g/mol. The number of rotatable bonds is 2. The number of carbonyl (C=O) groups excluding carboxylic acids is 2. The number of ketones is 2. The Bertz CT molecular complexity index is 2030. The maximum atomic E-state index is 13.9. The van der Waals surface area contributed by atoms with Gasteiger partial charge in [-0.15, -0.1) is 0 Å². The van der Waals surface area contributed by atoms with Crippen LogP contribution in [0.2, 0.25) is 0 Å². The first-order valence-electron chi connectivity index (χ1n) is 16.2. The highest BCUT2D eigenvalue weighted by atomic mass is 16.2. The van der Waals surface area contributed by atoms with Gasteiger partial charge in [0.25, 0.3) is 0 Å². The molecule has 46 heavy (non-hydrogen) atoms. The van der Waals surface area contributed by atoms with E-state index in [1.54, 1.807) is 0 Å². The summed E-state index contributed by atoms with van der Waals surface area (Å²) in [4.78, 5) is 30.1. The van der Waals surface area contributed by atoms with E-state index in [0.29, 0.717) is 11.1 Å². The molecule has 0 saturated heterocycles. The van der Waals surface area contributed by atoms with E-state index in [-0.39, 0.29) is 33.4 Å². The van der Waals surface area contributed by atoms with E-state index in [9.17, 15) is 9.59 Å². The third-order valence-electron chi connectivity index (χ3n) is 9.83. The molecule has 1 heterocycles. The van der Waals surface area contributed by atoms with Gasteiger partial charge >= 0.3 is 0 Å². The number of Topliss-reactive ketones (excluding diaryl/α,β-unsaturated/α-hetero) is 2. The lowest BCUT2D eigenvalue weighted by molar-refractivity contribution is 0.0990. The van der Waals surface area contributed by atoms with Crippen molar-refractivity contribution in [3.63, 3.8) is 0 Å². The summed E-state index contributed by atoms with van der Waals surface area (Å²) in [7, 11) is 0. The second kappa shape index (κ2) is 10.1. The van der Waals surface area contributed by atoms with Crippen molar-refractivity contribution in [3.8, 4) is 0 Å². The van der Waals surface area contributed by atoms with Crippen LogP contribution in [0.1, 0.15) is 104 Å². The van der Waals surface area contributed by atoms with Gasteiger partial charge in [-0.3, -0.25) is 9.59 Å². The Balaban J connectivity index is 1.48. The van der Waals surface area contributed by atoms with Crippen molar-refractivity contribution < 1.29 is 9.59 Å². The highest BCUT2D eigenvalue weighted by molar-refractivity contribution is 6.42. The van der Waals surface area contributed by atoms with Crippen molar-refractivity contribution in [1.82, 2.24) is 0 Å². The lowest BCUT2D eigenvalue weighted by Crippen LogP contribution is -2.32. The number of para-hydroxylation sites is 2. The van der Waals surface area contributed by atoms with Gasteiger partial charge in [0.15, 0.2) is 11.6 Å². The summed E-state index contributed by atoms with van der Waals surface area (Å²) in [6.45, 7) is 17.9. The van der Waals surface area contributed by atoms with Gasteiger partial charge < -0.3 is 4.90 Å². The first-order valence-corrected chi connectivity index (χ1v) is 16.2. The summed E-state index contributed by atoms with van der Waals surface area (Å²) in [6.07, 6.45) is 1.86. The Hall–Kier alpha value is -4.76. The quantitative estimate of drug-likeness (QED) is 0.149. The van der Waals surface area contributed by atoms with Crippen LogP contribution in [0, 0.1) is 0 Å². The number of allylic oxidation sites excluding steroid dienone is 1. The molecule has 0 bridgehead atoms. The third-order valence-corrected chi connectivity index (χ3v) is 9.83. The van der Waals surface area contributed by atoms with E-state index >= 15 is 0 Å². The zero-order valence-corrected chi connectivity index (χ0v) is 28.1. The van der Waals surface area contributed by atoms with E-state index < -0.39 is 0 Å². The van der Waals surface area contributed by atoms with Crippen LogP contribution < -0.4 is 4.90 Å². The fourth-order valence-corrected chi connectivity index (χ4v) is 7.38. The smallest absolute Gasteiger partial charge is 0.197 e. The fraction of sp³-hybridized carbons (Fsp3) is 0.256. The summed E-state index contributed by atoms with van der Waals surface area (Å²) >= 11 is 0. The number of fused-ring (bicyclic) bond motifs is 4.